The zero-order valence-electron chi connectivity index (χ0n) is 51.9. The van der Waals surface area contributed by atoms with Gasteiger partial charge in [-0.05, 0) is 220 Å². The van der Waals surface area contributed by atoms with Gasteiger partial charge >= 0.3 is 15.6 Å². The number of para-hydroxylation sites is 3. The Hall–Kier alpha value is -5.42. The molecule has 0 aliphatic rings. The lowest BCUT2D eigenvalue weighted by Crippen LogP contribution is -2.10. The molecule has 0 spiro atoms. The number of benzene rings is 6. The second kappa shape index (κ2) is 37.7. The monoisotopic (exact) mass is 1160 g/mol. The van der Waals surface area contributed by atoms with Crippen LogP contribution in [-0.4, -0.2) is 0 Å². The van der Waals surface area contributed by atoms with Gasteiger partial charge in [0.15, 0.2) is 0 Å². The minimum atomic E-state index is -4.16. The van der Waals surface area contributed by atoms with E-state index in [0.29, 0.717) is 34.5 Å². The largest absolute Gasteiger partial charge is 0.647 e. The number of aryl methyl sites for hydroxylation is 9. The minimum Gasteiger partial charge on any atom is -0.386 e. The number of hydrogen-bond acceptors (Lipinski definition) is 8. The molecule has 0 unspecified atom stereocenters. The molecule has 0 aliphatic carbocycles. The fraction of sp³-hybridized carbons (Fsp3) is 0.500. The van der Waals surface area contributed by atoms with Gasteiger partial charge in [0.05, 0.1) is 0 Å². The second-order valence-electron chi connectivity index (χ2n) is 22.2. The highest BCUT2D eigenvalue weighted by atomic mass is 31.2. The molecule has 0 saturated carbocycles. The van der Waals surface area contributed by atoms with Crippen molar-refractivity contribution in [2.75, 3.05) is 0 Å². The molecule has 6 aromatic carbocycles. The Morgan fingerprint density at radius 3 is 0.671 bits per heavy atom. The van der Waals surface area contributed by atoms with Crippen molar-refractivity contribution >= 4 is 15.6 Å². The highest BCUT2D eigenvalue weighted by molar-refractivity contribution is 7.50. The fourth-order valence-corrected chi connectivity index (χ4v) is 12.4. The molecule has 0 aliphatic heterocycles. The third-order valence-corrected chi connectivity index (χ3v) is 17.2. The first-order chi connectivity index (χ1) is 39.9. The van der Waals surface area contributed by atoms with Crippen LogP contribution in [0.4, 0.5) is 0 Å². The van der Waals surface area contributed by atoms with Crippen molar-refractivity contribution < 1.29 is 36.3 Å². The van der Waals surface area contributed by atoms with Crippen LogP contribution in [0.2, 0.25) is 0 Å². The van der Waals surface area contributed by atoms with Crippen LogP contribution in [0.15, 0.2) is 127 Å². The van der Waals surface area contributed by atoms with Crippen LogP contribution in [-0.2, 0) is 66.9 Å². The van der Waals surface area contributed by atoms with Gasteiger partial charge in [0.2, 0.25) is 0 Å². The first kappa shape index (κ1) is 67.4. The zero-order valence-corrected chi connectivity index (χ0v) is 53.7. The van der Waals surface area contributed by atoms with Crippen molar-refractivity contribution in [1.82, 2.24) is 0 Å². The molecule has 0 bridgehead atoms. The average molecular weight is 1160 g/mol. The van der Waals surface area contributed by atoms with Gasteiger partial charge in [0, 0.05) is 0 Å². The Kier molecular flexibility index (Phi) is 31.0. The SMILES string of the molecule is CCCCc1cc(CCCC)cc(OP(=O)(Oc2cc(CCCC)cc(CCCC)c2)Oc2cc(CCCC)cc(CCCC)c2)c1.CCCCc1ccccc1OP(=O)(Oc1ccccc1CCCC)Oc1ccccc1CCCC. The normalized spacial score (nSPS) is 11.4. The van der Waals surface area contributed by atoms with Crippen molar-refractivity contribution in [3.63, 3.8) is 0 Å². The second-order valence-corrected chi connectivity index (χ2v) is 25.0. The van der Waals surface area contributed by atoms with E-state index in [1.165, 1.54) is 33.4 Å². The summed E-state index contributed by atoms with van der Waals surface area (Å²) in [5.74, 6) is 3.28. The summed E-state index contributed by atoms with van der Waals surface area (Å²) in [5, 5.41) is 0. The molecule has 6 rings (SSSR count). The molecular weight excluding hydrogens is 1050 g/mol. The zero-order chi connectivity index (χ0) is 58.8. The van der Waals surface area contributed by atoms with Crippen LogP contribution in [0.5, 0.6) is 34.5 Å². The van der Waals surface area contributed by atoms with Crippen LogP contribution in [0.25, 0.3) is 0 Å². The maximum atomic E-state index is 15.0. The molecule has 0 amide bonds. The summed E-state index contributed by atoms with van der Waals surface area (Å²) in [5.41, 5.74) is 10.2. The standard InChI is InChI=1S/C42H63O4P.C30H39O4P/c1-7-13-19-34-25-35(20-14-8-2)29-40(28-34)44-47(43,45-41-30-36(21-15-9-3)26-37(31-41)22-16-10-4)46-42-32-38(23-17-11-5)27-39(33-42)24-18-12-6;1-4-7-16-25-19-10-13-22-28(25)32-35(31,33-29-23-14-11-20-26(29)17-8-5-2)34-30-24-15-12-21-27(30)18-9-6-3/h25-33H,7-24H2,1-6H3;10-15,19-24H,4-9,16-18H2,1-3H3. The average Bonchev–Trinajstić information content (AvgIpc) is 3.52. The Bertz CT molecular complexity index is 2480. The Balaban J connectivity index is 0.000000314. The molecule has 0 atom stereocenters. The molecule has 0 fully saturated rings. The van der Waals surface area contributed by atoms with E-state index in [9.17, 15) is 4.57 Å². The Morgan fingerprint density at radius 1 is 0.256 bits per heavy atom. The van der Waals surface area contributed by atoms with E-state index in [1.54, 1.807) is 0 Å². The third kappa shape index (κ3) is 24.0. The summed E-state index contributed by atoms with van der Waals surface area (Å²) in [4.78, 5) is 0. The van der Waals surface area contributed by atoms with Crippen LogP contribution in [0.3, 0.4) is 0 Å². The van der Waals surface area contributed by atoms with Gasteiger partial charge < -0.3 is 27.1 Å². The predicted octanol–water partition coefficient (Wildman–Crippen LogP) is 22.7. The van der Waals surface area contributed by atoms with E-state index in [2.05, 4.69) is 80.5 Å². The maximum Gasteiger partial charge on any atom is 0.647 e. The molecule has 0 aromatic heterocycles. The van der Waals surface area contributed by atoms with Crippen LogP contribution in [0.1, 0.15) is 228 Å². The number of unbranched alkanes of at least 4 members (excludes halogenated alkanes) is 9. The van der Waals surface area contributed by atoms with Gasteiger partial charge in [-0.1, -0.05) is 193 Å². The van der Waals surface area contributed by atoms with Gasteiger partial charge in [-0.2, -0.15) is 9.13 Å². The minimum absolute atomic E-state index is 0.543. The molecular formula is C72H102O8P2. The summed E-state index contributed by atoms with van der Waals surface area (Å²) in [6.07, 6.45) is 27.8. The third-order valence-electron chi connectivity index (χ3n) is 14.6. The molecule has 6 aromatic rings. The van der Waals surface area contributed by atoms with Crippen LogP contribution < -0.4 is 27.1 Å². The van der Waals surface area contributed by atoms with E-state index < -0.39 is 15.6 Å². The van der Waals surface area contributed by atoms with Crippen molar-refractivity contribution in [2.24, 2.45) is 0 Å². The molecule has 82 heavy (non-hydrogen) atoms. The molecule has 0 saturated heterocycles. The molecule has 0 heterocycles. The van der Waals surface area contributed by atoms with Gasteiger partial charge in [-0.3, -0.25) is 0 Å². The van der Waals surface area contributed by atoms with Crippen molar-refractivity contribution in [2.45, 2.75) is 236 Å². The summed E-state index contributed by atoms with van der Waals surface area (Å²) in [6, 6.07) is 42.2. The lowest BCUT2D eigenvalue weighted by Gasteiger charge is -2.23. The lowest BCUT2D eigenvalue weighted by atomic mass is 10.0. The van der Waals surface area contributed by atoms with Crippen molar-refractivity contribution in [3.8, 4) is 34.5 Å². The van der Waals surface area contributed by atoms with E-state index in [4.69, 9.17) is 27.1 Å². The molecule has 0 radical (unpaired) electrons. The number of rotatable bonds is 39. The maximum absolute atomic E-state index is 15.0. The van der Waals surface area contributed by atoms with E-state index in [0.717, 1.165) is 190 Å². The smallest absolute Gasteiger partial charge is 0.386 e. The molecule has 448 valence electrons. The van der Waals surface area contributed by atoms with Crippen LogP contribution in [0, 0.1) is 0 Å². The number of phosphoric acid groups is 2. The van der Waals surface area contributed by atoms with E-state index in [1.807, 2.05) is 109 Å². The molecule has 0 N–H and O–H groups in total. The van der Waals surface area contributed by atoms with Gasteiger partial charge in [-0.25, -0.2) is 0 Å². The van der Waals surface area contributed by atoms with E-state index >= 15 is 4.57 Å². The van der Waals surface area contributed by atoms with Crippen LogP contribution >= 0.6 is 15.6 Å². The summed E-state index contributed by atoms with van der Waals surface area (Å²) >= 11 is 0. The Morgan fingerprint density at radius 2 is 0.451 bits per heavy atom. The molecule has 8 nitrogen and oxygen atoms in total. The van der Waals surface area contributed by atoms with Gasteiger partial charge in [-0.15, -0.1) is 0 Å². The Labute approximate surface area is 497 Å². The highest BCUT2D eigenvalue weighted by Crippen LogP contribution is 2.53. The molecule has 10 heteroatoms. The first-order valence-electron chi connectivity index (χ1n) is 31.9. The fourth-order valence-electron chi connectivity index (χ4n) is 9.86. The summed E-state index contributed by atoms with van der Waals surface area (Å²) in [6.45, 7) is 19.7. The summed E-state index contributed by atoms with van der Waals surface area (Å²) in [7, 11) is -8.22. The van der Waals surface area contributed by atoms with E-state index in [-0.39, 0.29) is 0 Å². The van der Waals surface area contributed by atoms with Crippen molar-refractivity contribution in [1.29, 1.82) is 0 Å². The van der Waals surface area contributed by atoms with Gasteiger partial charge in [0.1, 0.15) is 34.5 Å². The highest BCUT2D eigenvalue weighted by Gasteiger charge is 2.36. The lowest BCUT2D eigenvalue weighted by molar-refractivity contribution is 0.294. The van der Waals surface area contributed by atoms with Crippen molar-refractivity contribution in [3.05, 3.63) is 177 Å². The number of hydrogen-bond donors (Lipinski definition) is 0. The predicted molar refractivity (Wildman–Crippen MR) is 345 cm³/mol. The van der Waals surface area contributed by atoms with Gasteiger partial charge in [0.25, 0.3) is 0 Å². The quantitative estimate of drug-likeness (QED) is 0.0353. The summed E-state index contributed by atoms with van der Waals surface area (Å²) < 4.78 is 67.2. The number of phosphoric ester groups is 2. The first-order valence-corrected chi connectivity index (χ1v) is 34.8. The topological polar surface area (TPSA) is 89.5 Å².